The van der Waals surface area contributed by atoms with Gasteiger partial charge in [-0.2, -0.15) is 8.42 Å². The first kappa shape index (κ1) is 21.1. The number of aryl methyl sites for hydroxylation is 1. The van der Waals surface area contributed by atoms with E-state index in [1.54, 1.807) is 12.1 Å². The lowest BCUT2D eigenvalue weighted by Crippen LogP contribution is -2.09. The third-order valence-corrected chi connectivity index (χ3v) is 5.20. The number of hydrogen-bond acceptors (Lipinski definition) is 4. The van der Waals surface area contributed by atoms with Gasteiger partial charge >= 0.3 is 0 Å². The van der Waals surface area contributed by atoms with Crippen molar-refractivity contribution in [2.75, 3.05) is 6.61 Å². The van der Waals surface area contributed by atoms with Gasteiger partial charge < -0.3 is 6.15 Å². The van der Waals surface area contributed by atoms with E-state index in [0.29, 0.717) is 4.90 Å². The molecule has 0 aliphatic heterocycles. The van der Waals surface area contributed by atoms with E-state index in [4.69, 9.17) is 4.18 Å². The van der Waals surface area contributed by atoms with Crippen LogP contribution < -0.4 is 6.15 Å². The molecule has 3 N–H and O–H groups in total. The van der Waals surface area contributed by atoms with Gasteiger partial charge in [-0.1, -0.05) is 51.7 Å². The summed E-state index contributed by atoms with van der Waals surface area (Å²) in [6.45, 7) is 8.44. The average Bonchev–Trinajstić information content (AvgIpc) is 2.40. The van der Waals surface area contributed by atoms with Gasteiger partial charge in [-0.05, 0) is 43.4 Å². The summed E-state index contributed by atoms with van der Waals surface area (Å²) < 4.78 is 29.5. The summed E-state index contributed by atoms with van der Waals surface area (Å²) in [6, 6.07) is 5.27. The van der Waals surface area contributed by atoms with Gasteiger partial charge in [0.05, 0.1) is 11.5 Å². The maximum absolute atomic E-state index is 12.2. The molecule has 1 rings (SSSR count). The molecule has 0 spiro atoms. The normalized spacial score (nSPS) is 11.5. The van der Waals surface area contributed by atoms with Crippen LogP contribution in [0.25, 0.3) is 0 Å². The van der Waals surface area contributed by atoms with E-state index in [0.717, 1.165) is 36.3 Å². The number of benzene rings is 1. The molecule has 0 bridgehead atoms. The molecular weight excluding hydrogens is 298 g/mol. The molecule has 0 aliphatic rings. The average molecular weight is 330 g/mol. The standard InChI is InChI=1S/C17H28O3S.H3N/c1-14(2)10-7-5-6-8-13-20-21(18,19)17-12-9-11-15(3)16(17)4;/h9,11-12,14H,5-8,10,13H2,1-4H3;1H3. The maximum Gasteiger partial charge on any atom is 0.297 e. The van der Waals surface area contributed by atoms with Crippen molar-refractivity contribution in [2.45, 2.75) is 64.7 Å². The van der Waals surface area contributed by atoms with Gasteiger partial charge in [0, 0.05) is 0 Å². The monoisotopic (exact) mass is 329 g/mol. The van der Waals surface area contributed by atoms with E-state index in [1.807, 2.05) is 19.9 Å². The molecule has 0 radical (unpaired) electrons. The topological polar surface area (TPSA) is 78.4 Å². The second-order valence-electron chi connectivity index (χ2n) is 6.07. The molecule has 0 heterocycles. The molecule has 4 nitrogen and oxygen atoms in total. The van der Waals surface area contributed by atoms with Crippen LogP contribution in [0.15, 0.2) is 23.1 Å². The first-order valence-corrected chi connectivity index (χ1v) is 9.21. The lowest BCUT2D eigenvalue weighted by molar-refractivity contribution is 0.305. The molecule has 0 aliphatic carbocycles. The number of hydrogen-bond donors (Lipinski definition) is 1. The van der Waals surface area contributed by atoms with Crippen molar-refractivity contribution in [1.29, 1.82) is 0 Å². The minimum absolute atomic E-state index is 0. The van der Waals surface area contributed by atoms with E-state index in [2.05, 4.69) is 13.8 Å². The van der Waals surface area contributed by atoms with Crippen LogP contribution in [0.2, 0.25) is 0 Å². The van der Waals surface area contributed by atoms with Crippen LogP contribution in [0.3, 0.4) is 0 Å². The summed E-state index contributed by atoms with van der Waals surface area (Å²) >= 11 is 0. The Morgan fingerprint density at radius 2 is 1.68 bits per heavy atom. The van der Waals surface area contributed by atoms with Gasteiger partial charge in [0.25, 0.3) is 10.1 Å². The van der Waals surface area contributed by atoms with Crippen LogP contribution in [0.5, 0.6) is 0 Å². The Morgan fingerprint density at radius 3 is 2.32 bits per heavy atom. The quantitative estimate of drug-likeness (QED) is 0.522. The fourth-order valence-electron chi connectivity index (χ4n) is 2.24. The molecule has 1 aromatic carbocycles. The highest BCUT2D eigenvalue weighted by Gasteiger charge is 2.18. The Balaban J connectivity index is 0.00000441. The third kappa shape index (κ3) is 6.90. The van der Waals surface area contributed by atoms with Crippen molar-refractivity contribution in [1.82, 2.24) is 6.15 Å². The predicted molar refractivity (Wildman–Crippen MR) is 92.0 cm³/mol. The van der Waals surface area contributed by atoms with Crippen molar-refractivity contribution in [3.05, 3.63) is 29.3 Å². The minimum Gasteiger partial charge on any atom is -0.344 e. The van der Waals surface area contributed by atoms with Crippen molar-refractivity contribution < 1.29 is 12.6 Å². The van der Waals surface area contributed by atoms with Crippen LogP contribution in [-0.4, -0.2) is 15.0 Å². The number of unbranched alkanes of at least 4 members (excludes halogenated alkanes) is 3. The summed E-state index contributed by atoms with van der Waals surface area (Å²) in [5, 5.41) is 0. The van der Waals surface area contributed by atoms with Crippen LogP contribution in [0.4, 0.5) is 0 Å². The zero-order valence-corrected chi connectivity index (χ0v) is 15.2. The molecule has 0 amide bonds. The third-order valence-electron chi connectivity index (χ3n) is 3.74. The van der Waals surface area contributed by atoms with E-state index >= 15 is 0 Å². The molecule has 0 atom stereocenters. The van der Waals surface area contributed by atoms with Crippen molar-refractivity contribution in [3.8, 4) is 0 Å². The molecule has 0 saturated carbocycles. The van der Waals surface area contributed by atoms with Crippen molar-refractivity contribution in [2.24, 2.45) is 5.92 Å². The summed E-state index contributed by atoms with van der Waals surface area (Å²) in [5.41, 5.74) is 1.74. The lowest BCUT2D eigenvalue weighted by Gasteiger charge is -2.10. The first-order chi connectivity index (χ1) is 9.84. The summed E-state index contributed by atoms with van der Waals surface area (Å²) in [6.07, 6.45) is 5.41. The van der Waals surface area contributed by atoms with Gasteiger partial charge in [0.2, 0.25) is 0 Å². The van der Waals surface area contributed by atoms with Gasteiger partial charge in [-0.25, -0.2) is 0 Å². The Bertz CT molecular complexity index is 539. The van der Waals surface area contributed by atoms with E-state index in [-0.39, 0.29) is 12.8 Å². The van der Waals surface area contributed by atoms with Gasteiger partial charge in [0.1, 0.15) is 0 Å². The van der Waals surface area contributed by atoms with Crippen molar-refractivity contribution in [3.63, 3.8) is 0 Å². The largest absolute Gasteiger partial charge is 0.344 e. The summed E-state index contributed by atoms with van der Waals surface area (Å²) in [4.78, 5) is 0.294. The molecule has 22 heavy (non-hydrogen) atoms. The Hall–Kier alpha value is -0.910. The Labute approximate surface area is 136 Å². The van der Waals surface area contributed by atoms with Gasteiger partial charge in [0.15, 0.2) is 0 Å². The zero-order valence-electron chi connectivity index (χ0n) is 14.4. The van der Waals surface area contributed by atoms with Crippen LogP contribution in [-0.2, 0) is 14.3 Å². The SMILES string of the molecule is Cc1cccc(S(=O)(=O)OCCCCCCC(C)C)c1C.N. The molecule has 0 unspecified atom stereocenters. The summed E-state index contributed by atoms with van der Waals surface area (Å²) in [5.74, 6) is 0.742. The minimum atomic E-state index is -3.62. The second-order valence-corrected chi connectivity index (χ2v) is 7.65. The molecule has 128 valence electrons. The maximum atomic E-state index is 12.2. The molecular formula is C17H31NO3S. The van der Waals surface area contributed by atoms with E-state index in [9.17, 15) is 8.42 Å². The predicted octanol–water partition coefficient (Wildman–Crippen LogP) is 4.78. The highest BCUT2D eigenvalue weighted by Crippen LogP contribution is 2.20. The Kier molecular flexibility index (Phi) is 9.56. The van der Waals surface area contributed by atoms with Crippen LogP contribution in [0.1, 0.15) is 57.1 Å². The molecule has 1 aromatic rings. The van der Waals surface area contributed by atoms with E-state index in [1.165, 1.54) is 12.8 Å². The first-order valence-electron chi connectivity index (χ1n) is 7.80. The molecule has 0 saturated heterocycles. The highest BCUT2D eigenvalue weighted by molar-refractivity contribution is 7.86. The van der Waals surface area contributed by atoms with Crippen LogP contribution >= 0.6 is 0 Å². The van der Waals surface area contributed by atoms with Gasteiger partial charge in [-0.15, -0.1) is 0 Å². The molecule has 0 fully saturated rings. The molecule has 5 heteroatoms. The second kappa shape index (κ2) is 9.98. The smallest absolute Gasteiger partial charge is 0.297 e. The zero-order chi connectivity index (χ0) is 15.9. The Morgan fingerprint density at radius 1 is 1.05 bits per heavy atom. The lowest BCUT2D eigenvalue weighted by atomic mass is 10.0. The molecule has 0 aromatic heterocycles. The highest BCUT2D eigenvalue weighted by atomic mass is 32.2. The van der Waals surface area contributed by atoms with Crippen molar-refractivity contribution >= 4 is 10.1 Å². The fourth-order valence-corrected chi connectivity index (χ4v) is 3.48. The fraction of sp³-hybridized carbons (Fsp3) is 0.647. The van der Waals surface area contributed by atoms with E-state index < -0.39 is 10.1 Å². The number of rotatable bonds is 9. The summed E-state index contributed by atoms with van der Waals surface area (Å²) in [7, 11) is -3.62. The van der Waals surface area contributed by atoms with Crippen LogP contribution in [0, 0.1) is 19.8 Å². The van der Waals surface area contributed by atoms with Gasteiger partial charge in [-0.3, -0.25) is 4.18 Å².